The second-order valence-electron chi connectivity index (χ2n) is 9.91. The molecule has 3 rings (SSSR count). The third kappa shape index (κ3) is 6.62. The number of esters is 1. The maximum absolute atomic E-state index is 12.9. The van der Waals surface area contributed by atoms with Crippen molar-refractivity contribution in [3.05, 3.63) is 46.6 Å². The maximum Gasteiger partial charge on any atom is 0.435 e. The van der Waals surface area contributed by atoms with Gasteiger partial charge in [0.05, 0.1) is 42.9 Å². The third-order valence-electron chi connectivity index (χ3n) is 5.81. The predicted molar refractivity (Wildman–Crippen MR) is 144 cm³/mol. The van der Waals surface area contributed by atoms with Crippen molar-refractivity contribution in [2.24, 2.45) is 10.9 Å². The van der Waals surface area contributed by atoms with Gasteiger partial charge in [0.15, 0.2) is 11.5 Å². The van der Waals surface area contributed by atoms with E-state index in [-0.39, 0.29) is 29.7 Å². The van der Waals surface area contributed by atoms with E-state index in [1.165, 1.54) is 0 Å². The highest BCUT2D eigenvalue weighted by atomic mass is 32.2. The molecule has 0 saturated carbocycles. The monoisotopic (exact) mass is 554 g/mol. The molecule has 12 nitrogen and oxygen atoms in total. The summed E-state index contributed by atoms with van der Waals surface area (Å²) in [6.45, 7) is 17.9. The Labute approximate surface area is 227 Å². The number of carbonyl (C=O) groups excluding carboxylic acids is 2. The summed E-state index contributed by atoms with van der Waals surface area (Å²) in [7, 11) is -4.08. The molecular formula is C26H30N6O6S. The van der Waals surface area contributed by atoms with Crippen LogP contribution in [-0.4, -0.2) is 53.9 Å². The first-order valence-corrected chi connectivity index (χ1v) is 13.8. The molecule has 1 N–H and O–H groups in total. The topological polar surface area (TPSA) is 157 Å². The molecule has 0 aliphatic carbocycles. The first-order chi connectivity index (χ1) is 18.2. The summed E-state index contributed by atoms with van der Waals surface area (Å²) in [5, 5.41) is 14.3. The number of hydrogen-bond donors (Lipinski definition) is 1. The van der Waals surface area contributed by atoms with E-state index >= 15 is 0 Å². The molecule has 1 aliphatic heterocycles. The van der Waals surface area contributed by atoms with Crippen molar-refractivity contribution in [1.29, 1.82) is 5.26 Å². The number of allylic oxidation sites excluding steroid dienone is 2. The van der Waals surface area contributed by atoms with Crippen molar-refractivity contribution in [3.63, 3.8) is 0 Å². The minimum absolute atomic E-state index is 0.121. The molecule has 2 aromatic rings. The number of carbonyl (C=O) groups is 2. The van der Waals surface area contributed by atoms with Gasteiger partial charge in [-0.3, -0.25) is 14.5 Å². The lowest BCUT2D eigenvalue weighted by atomic mass is 9.79. The molecule has 0 fully saturated rings. The van der Waals surface area contributed by atoms with E-state index in [1.807, 2.05) is 0 Å². The Balaban J connectivity index is 2.15. The van der Waals surface area contributed by atoms with Crippen LogP contribution in [0.2, 0.25) is 0 Å². The minimum Gasteiger partial charge on any atom is -0.466 e. The molecule has 39 heavy (non-hydrogen) atoms. The lowest BCUT2D eigenvalue weighted by Crippen LogP contribution is -2.28. The molecule has 13 heteroatoms. The van der Waals surface area contributed by atoms with Gasteiger partial charge in [-0.1, -0.05) is 6.07 Å². The number of sulfonamides is 1. The standard InChI is InChI=1S/C26H30N6O6S/c1-8-37-21(33)11-12-39(35,36)31-24-18-13-17(22-19(14-27)15(2)29-16(3)23(22)28-7)9-10-20(18)32(30-24)25(34)38-26(4,5)6/h9-10,13,19,22H,8,11-12H2,1-6H3,(H,30,31). The van der Waals surface area contributed by atoms with Crippen molar-refractivity contribution in [1.82, 2.24) is 9.78 Å². The molecule has 206 valence electrons. The lowest BCUT2D eigenvalue weighted by Gasteiger charge is -2.26. The van der Waals surface area contributed by atoms with Crippen LogP contribution in [0.5, 0.6) is 0 Å². The van der Waals surface area contributed by atoms with Crippen molar-refractivity contribution in [3.8, 4) is 6.07 Å². The molecule has 2 heterocycles. The number of hydrogen-bond acceptors (Lipinski definition) is 9. The summed E-state index contributed by atoms with van der Waals surface area (Å²) in [5.74, 6) is -2.78. The number of aromatic nitrogens is 2. The first-order valence-electron chi connectivity index (χ1n) is 12.2. The van der Waals surface area contributed by atoms with Gasteiger partial charge in [0.2, 0.25) is 10.0 Å². The normalized spacial score (nSPS) is 17.7. The highest BCUT2D eigenvalue weighted by Crippen LogP contribution is 2.41. The van der Waals surface area contributed by atoms with Gasteiger partial charge in [-0.05, 0) is 59.2 Å². The fraction of sp³-hybridized carbons (Fsp3) is 0.462. The summed E-state index contributed by atoms with van der Waals surface area (Å²) in [6.07, 6.45) is -1.20. The minimum atomic E-state index is -4.08. The van der Waals surface area contributed by atoms with Gasteiger partial charge in [0, 0.05) is 22.7 Å². The number of ether oxygens (including phenoxy) is 2. The Morgan fingerprint density at radius 2 is 1.97 bits per heavy atom. The summed E-state index contributed by atoms with van der Waals surface area (Å²) < 4.78 is 39.2. The van der Waals surface area contributed by atoms with Crippen LogP contribution in [0.15, 0.2) is 34.6 Å². The molecule has 2 atom stereocenters. The van der Waals surface area contributed by atoms with Crippen LogP contribution in [-0.2, 0) is 24.3 Å². The Morgan fingerprint density at radius 1 is 1.28 bits per heavy atom. The smallest absolute Gasteiger partial charge is 0.435 e. The fourth-order valence-corrected chi connectivity index (χ4v) is 5.17. The number of fused-ring (bicyclic) bond motifs is 1. The third-order valence-corrected chi connectivity index (χ3v) is 7.06. The predicted octanol–water partition coefficient (Wildman–Crippen LogP) is 4.36. The molecule has 0 bridgehead atoms. The van der Waals surface area contributed by atoms with Crippen molar-refractivity contribution >= 4 is 44.5 Å². The quantitative estimate of drug-likeness (QED) is 0.391. The fourth-order valence-electron chi connectivity index (χ4n) is 4.18. The van der Waals surface area contributed by atoms with Crippen molar-refractivity contribution in [2.45, 2.75) is 59.5 Å². The molecule has 0 saturated heterocycles. The highest BCUT2D eigenvalue weighted by molar-refractivity contribution is 7.92. The average Bonchev–Trinajstić information content (AvgIpc) is 3.18. The molecule has 0 amide bonds. The molecule has 0 spiro atoms. The molecule has 1 aromatic heterocycles. The number of rotatable bonds is 7. The van der Waals surface area contributed by atoms with Gasteiger partial charge in [0.25, 0.3) is 0 Å². The summed E-state index contributed by atoms with van der Waals surface area (Å²) in [6, 6.07) is 7.03. The number of anilines is 1. The molecule has 0 radical (unpaired) electrons. The maximum atomic E-state index is 12.9. The largest absolute Gasteiger partial charge is 0.466 e. The van der Waals surface area contributed by atoms with E-state index in [9.17, 15) is 23.3 Å². The summed E-state index contributed by atoms with van der Waals surface area (Å²) in [5.41, 5.74) is 1.28. The lowest BCUT2D eigenvalue weighted by molar-refractivity contribution is -0.142. The Bertz CT molecular complexity index is 1570. The van der Waals surface area contributed by atoms with Crippen molar-refractivity contribution in [2.75, 3.05) is 17.1 Å². The van der Waals surface area contributed by atoms with Crippen LogP contribution in [0.4, 0.5) is 10.6 Å². The molecule has 2 unspecified atom stereocenters. The van der Waals surface area contributed by atoms with Gasteiger partial charge in [-0.2, -0.15) is 9.94 Å². The SMILES string of the molecule is [C-]#[N+]C1=C(C)N=C(C)C(C#N)C1c1ccc2c(c1)c(NS(=O)(=O)CCC(=O)OCC)nn2C(=O)OC(C)(C)C. The van der Waals surface area contributed by atoms with E-state index in [0.29, 0.717) is 22.7 Å². The van der Waals surface area contributed by atoms with E-state index in [4.69, 9.17) is 16.0 Å². The van der Waals surface area contributed by atoms with Crippen molar-refractivity contribution < 1.29 is 27.5 Å². The zero-order valence-corrected chi connectivity index (χ0v) is 23.4. The van der Waals surface area contributed by atoms with Crippen LogP contribution in [0.25, 0.3) is 15.7 Å². The number of aliphatic imine (C=N–C) groups is 1. The average molecular weight is 555 g/mol. The van der Waals surface area contributed by atoms with Crippen LogP contribution in [0.3, 0.4) is 0 Å². The second kappa shape index (κ2) is 11.3. The number of nitrogens with zero attached hydrogens (tertiary/aromatic N) is 5. The van der Waals surface area contributed by atoms with E-state index in [0.717, 1.165) is 4.68 Å². The highest BCUT2D eigenvalue weighted by Gasteiger charge is 2.35. The molecular weight excluding hydrogens is 524 g/mol. The summed E-state index contributed by atoms with van der Waals surface area (Å²) in [4.78, 5) is 32.6. The van der Waals surface area contributed by atoms with Gasteiger partial charge in [0.1, 0.15) is 5.60 Å². The Hall–Kier alpha value is -4.23. The Kier molecular flexibility index (Phi) is 8.46. The van der Waals surface area contributed by atoms with Crippen LogP contribution in [0, 0.1) is 23.8 Å². The first kappa shape index (κ1) is 29.3. The zero-order valence-electron chi connectivity index (χ0n) is 22.6. The number of benzene rings is 1. The number of nitrogens with one attached hydrogen (secondary N) is 1. The van der Waals surface area contributed by atoms with Gasteiger partial charge in [-0.25, -0.2) is 18.1 Å². The van der Waals surface area contributed by atoms with Gasteiger partial charge >= 0.3 is 12.1 Å². The van der Waals surface area contributed by atoms with Crippen LogP contribution in [0.1, 0.15) is 59.4 Å². The zero-order chi connectivity index (χ0) is 29.1. The van der Waals surface area contributed by atoms with Crippen LogP contribution >= 0.6 is 0 Å². The Morgan fingerprint density at radius 3 is 2.56 bits per heavy atom. The van der Waals surface area contributed by atoms with E-state index in [1.54, 1.807) is 59.7 Å². The molecule has 1 aromatic carbocycles. The van der Waals surface area contributed by atoms with E-state index in [2.05, 4.69) is 25.7 Å². The molecule has 1 aliphatic rings. The summed E-state index contributed by atoms with van der Waals surface area (Å²) >= 11 is 0. The van der Waals surface area contributed by atoms with Gasteiger partial charge in [-0.15, -0.1) is 5.10 Å². The van der Waals surface area contributed by atoms with Crippen LogP contribution < -0.4 is 4.72 Å². The van der Waals surface area contributed by atoms with Gasteiger partial charge < -0.3 is 9.47 Å². The van der Waals surface area contributed by atoms with E-state index < -0.39 is 45.3 Å². The second-order valence-corrected chi connectivity index (χ2v) is 11.8. The number of nitriles is 1.